The molecular weight excluding hydrogens is 537 g/mol. The molecule has 1 heterocycles. The van der Waals surface area contributed by atoms with Gasteiger partial charge in [0.15, 0.2) is 0 Å². The fourth-order valence-electron chi connectivity index (χ4n) is 4.34. The van der Waals surface area contributed by atoms with Crippen LogP contribution >= 0.6 is 23.2 Å². The minimum atomic E-state index is -3.69. The summed E-state index contributed by atoms with van der Waals surface area (Å²) >= 11 is 12.2. The van der Waals surface area contributed by atoms with Crippen molar-refractivity contribution in [2.45, 2.75) is 6.04 Å². The molecule has 1 saturated heterocycles. The molecule has 3 aromatic rings. The summed E-state index contributed by atoms with van der Waals surface area (Å²) in [5, 5.41) is 12.2. The standard InChI is InChI=1S/C26H25Cl2N3O5S/c27-21-8-4-18(5-9-21)25(19-6-10-22(28)11-7-19)31-14-17(15-31)16-37(35,36)30-23-3-1-2-20(12-23)26(34)29-13-24(32)33/h1-12,17,25,30H,13-16H2,(H,29,34)(H,32,33). The number of benzene rings is 3. The minimum Gasteiger partial charge on any atom is -0.480 e. The molecule has 8 nitrogen and oxygen atoms in total. The lowest BCUT2D eigenvalue weighted by molar-refractivity contribution is -0.135. The number of carboxylic acid groups (broad SMARTS) is 1. The number of hydrogen-bond donors (Lipinski definition) is 3. The summed E-state index contributed by atoms with van der Waals surface area (Å²) in [6, 6.07) is 21.1. The number of halogens is 2. The van der Waals surface area contributed by atoms with E-state index in [0.29, 0.717) is 23.1 Å². The average Bonchev–Trinajstić information content (AvgIpc) is 2.83. The van der Waals surface area contributed by atoms with Crippen molar-refractivity contribution in [1.82, 2.24) is 10.2 Å². The molecule has 0 unspecified atom stereocenters. The fraction of sp³-hybridized carbons (Fsp3) is 0.231. The number of carboxylic acids is 1. The zero-order chi connectivity index (χ0) is 26.6. The van der Waals surface area contributed by atoms with E-state index in [0.717, 1.165) is 11.1 Å². The van der Waals surface area contributed by atoms with Crippen LogP contribution in [0.1, 0.15) is 27.5 Å². The monoisotopic (exact) mass is 561 g/mol. The number of sulfonamides is 1. The van der Waals surface area contributed by atoms with Gasteiger partial charge in [0.2, 0.25) is 10.0 Å². The smallest absolute Gasteiger partial charge is 0.322 e. The van der Waals surface area contributed by atoms with Crippen LogP contribution in [0, 0.1) is 5.92 Å². The van der Waals surface area contributed by atoms with Gasteiger partial charge >= 0.3 is 5.97 Å². The summed E-state index contributed by atoms with van der Waals surface area (Å²) < 4.78 is 28.2. The lowest BCUT2D eigenvalue weighted by Gasteiger charge is -2.44. The molecule has 4 rings (SSSR count). The van der Waals surface area contributed by atoms with Crippen LogP contribution < -0.4 is 10.0 Å². The van der Waals surface area contributed by atoms with Gasteiger partial charge in [-0.05, 0) is 53.6 Å². The number of carbonyl (C=O) groups excluding carboxylic acids is 1. The average molecular weight is 562 g/mol. The maximum atomic E-state index is 12.9. The van der Waals surface area contributed by atoms with E-state index in [4.69, 9.17) is 28.3 Å². The third-order valence-corrected chi connectivity index (χ3v) is 7.94. The van der Waals surface area contributed by atoms with E-state index >= 15 is 0 Å². The van der Waals surface area contributed by atoms with Crippen LogP contribution in [0.3, 0.4) is 0 Å². The van der Waals surface area contributed by atoms with Gasteiger partial charge in [0.05, 0.1) is 11.8 Å². The number of amides is 1. The first-order valence-electron chi connectivity index (χ1n) is 11.4. The third kappa shape index (κ3) is 7.23. The van der Waals surface area contributed by atoms with E-state index in [1.807, 2.05) is 48.5 Å². The normalized spacial score (nSPS) is 14.2. The lowest BCUT2D eigenvalue weighted by Crippen LogP contribution is -2.51. The Labute approximate surface area is 225 Å². The Balaban J connectivity index is 1.40. The van der Waals surface area contributed by atoms with E-state index in [1.165, 1.54) is 24.3 Å². The molecule has 0 bridgehead atoms. The number of rotatable bonds is 10. The van der Waals surface area contributed by atoms with Crippen LogP contribution in [0.5, 0.6) is 0 Å². The Morgan fingerprint density at radius 1 is 0.946 bits per heavy atom. The summed E-state index contributed by atoms with van der Waals surface area (Å²) in [6.45, 7) is 0.628. The summed E-state index contributed by atoms with van der Waals surface area (Å²) in [5.74, 6) is -1.93. The second kappa shape index (κ2) is 11.5. The van der Waals surface area contributed by atoms with Gasteiger partial charge in [-0.1, -0.05) is 53.5 Å². The Bertz CT molecular complexity index is 1330. The third-order valence-electron chi connectivity index (χ3n) is 5.98. The maximum Gasteiger partial charge on any atom is 0.322 e. The largest absolute Gasteiger partial charge is 0.480 e. The molecule has 0 spiro atoms. The van der Waals surface area contributed by atoms with Crippen LogP contribution in [0.25, 0.3) is 0 Å². The molecular formula is C26H25Cl2N3O5S. The van der Waals surface area contributed by atoms with Gasteiger partial charge in [-0.15, -0.1) is 0 Å². The first-order valence-corrected chi connectivity index (χ1v) is 13.9. The topological polar surface area (TPSA) is 116 Å². The van der Waals surface area contributed by atoms with Crippen LogP contribution in [-0.2, 0) is 14.8 Å². The molecule has 0 radical (unpaired) electrons. The number of aliphatic carboxylic acids is 1. The number of nitrogens with zero attached hydrogens (tertiary/aromatic N) is 1. The van der Waals surface area contributed by atoms with Crippen LogP contribution in [0.4, 0.5) is 5.69 Å². The van der Waals surface area contributed by atoms with Crippen LogP contribution in [-0.4, -0.2) is 55.7 Å². The molecule has 1 fully saturated rings. The number of nitrogens with one attached hydrogen (secondary N) is 2. The van der Waals surface area contributed by atoms with Gasteiger partial charge in [0, 0.05) is 40.3 Å². The molecule has 3 aromatic carbocycles. The van der Waals surface area contributed by atoms with Gasteiger partial charge in [0.25, 0.3) is 5.91 Å². The summed E-state index contributed by atoms with van der Waals surface area (Å²) in [7, 11) is -3.69. The Hall–Kier alpha value is -3.11. The first kappa shape index (κ1) is 26.9. The number of carbonyl (C=O) groups is 2. The molecule has 1 aliphatic heterocycles. The van der Waals surface area contributed by atoms with Crippen molar-refractivity contribution in [2.24, 2.45) is 5.92 Å². The second-order valence-corrected chi connectivity index (χ2v) is 11.5. The van der Waals surface area contributed by atoms with E-state index in [1.54, 1.807) is 0 Å². The van der Waals surface area contributed by atoms with Gasteiger partial charge in [-0.2, -0.15) is 0 Å². The first-order chi connectivity index (χ1) is 17.6. The van der Waals surface area contributed by atoms with Crippen molar-refractivity contribution in [3.8, 4) is 0 Å². The molecule has 1 amide bonds. The molecule has 194 valence electrons. The second-order valence-electron chi connectivity index (χ2n) is 8.87. The highest BCUT2D eigenvalue weighted by Gasteiger charge is 2.36. The molecule has 1 aliphatic rings. The van der Waals surface area contributed by atoms with Crippen molar-refractivity contribution < 1.29 is 23.1 Å². The Morgan fingerprint density at radius 2 is 1.51 bits per heavy atom. The Morgan fingerprint density at radius 3 is 2.05 bits per heavy atom. The molecule has 0 aromatic heterocycles. The summed E-state index contributed by atoms with van der Waals surface area (Å²) in [6.07, 6.45) is 0. The number of likely N-dealkylation sites (tertiary alicyclic amines) is 1. The highest BCUT2D eigenvalue weighted by molar-refractivity contribution is 7.92. The highest BCUT2D eigenvalue weighted by atomic mass is 35.5. The molecule has 3 N–H and O–H groups in total. The zero-order valence-corrected chi connectivity index (χ0v) is 21.9. The maximum absolute atomic E-state index is 12.9. The van der Waals surface area contributed by atoms with Crippen molar-refractivity contribution in [2.75, 3.05) is 30.1 Å². The van der Waals surface area contributed by atoms with E-state index < -0.39 is 28.4 Å². The van der Waals surface area contributed by atoms with Crippen LogP contribution in [0.2, 0.25) is 10.0 Å². The minimum absolute atomic E-state index is 0.0672. The SMILES string of the molecule is O=C(O)CNC(=O)c1cccc(NS(=O)(=O)CC2CN(C(c3ccc(Cl)cc3)c3ccc(Cl)cc3)C2)c1. The summed E-state index contributed by atoms with van der Waals surface area (Å²) in [4.78, 5) is 25.0. The van der Waals surface area contributed by atoms with Gasteiger partial charge < -0.3 is 10.4 Å². The van der Waals surface area contributed by atoms with Crippen molar-refractivity contribution in [3.05, 3.63) is 99.5 Å². The van der Waals surface area contributed by atoms with E-state index in [-0.39, 0.29) is 29.0 Å². The molecule has 0 saturated carbocycles. The molecule has 0 atom stereocenters. The van der Waals surface area contributed by atoms with Crippen molar-refractivity contribution in [3.63, 3.8) is 0 Å². The number of anilines is 1. The predicted octanol–water partition coefficient (Wildman–Crippen LogP) is 4.27. The van der Waals surface area contributed by atoms with Crippen molar-refractivity contribution in [1.29, 1.82) is 0 Å². The lowest BCUT2D eigenvalue weighted by atomic mass is 9.91. The van der Waals surface area contributed by atoms with Gasteiger partial charge in [-0.3, -0.25) is 19.2 Å². The van der Waals surface area contributed by atoms with Crippen LogP contribution in [0.15, 0.2) is 72.8 Å². The number of hydrogen-bond acceptors (Lipinski definition) is 5. The Kier molecular flexibility index (Phi) is 8.39. The van der Waals surface area contributed by atoms with Gasteiger partial charge in [0.1, 0.15) is 6.54 Å². The fourth-order valence-corrected chi connectivity index (χ4v) is 6.00. The zero-order valence-electron chi connectivity index (χ0n) is 19.6. The van der Waals surface area contributed by atoms with E-state index in [2.05, 4.69) is 14.9 Å². The van der Waals surface area contributed by atoms with E-state index in [9.17, 15) is 18.0 Å². The molecule has 37 heavy (non-hydrogen) atoms. The molecule has 11 heteroatoms. The summed E-state index contributed by atoms with van der Waals surface area (Å²) in [5.41, 5.74) is 2.48. The quantitative estimate of drug-likeness (QED) is 0.340. The van der Waals surface area contributed by atoms with Crippen molar-refractivity contribution >= 4 is 50.8 Å². The molecule has 0 aliphatic carbocycles. The highest BCUT2D eigenvalue weighted by Crippen LogP contribution is 2.35. The predicted molar refractivity (Wildman–Crippen MR) is 144 cm³/mol. The van der Waals surface area contributed by atoms with Gasteiger partial charge in [-0.25, -0.2) is 8.42 Å².